The number of carbonyl (C=O) groups is 1. The third-order valence-electron chi connectivity index (χ3n) is 4.38. The van der Waals surface area contributed by atoms with Gasteiger partial charge in [0.05, 0.1) is 17.6 Å². The van der Waals surface area contributed by atoms with Crippen molar-refractivity contribution >= 4 is 17.3 Å². The van der Waals surface area contributed by atoms with Crippen LogP contribution in [0, 0.1) is 5.92 Å². The maximum Gasteiger partial charge on any atom is 0.220 e. The summed E-state index contributed by atoms with van der Waals surface area (Å²) in [4.78, 5) is 13.6. The molecule has 2 aromatic rings. The number of piperidine rings is 1. The van der Waals surface area contributed by atoms with Gasteiger partial charge >= 0.3 is 0 Å². The summed E-state index contributed by atoms with van der Waals surface area (Å²) in [6.07, 6.45) is 5.53. The van der Waals surface area contributed by atoms with Gasteiger partial charge in [-0.15, -0.1) is 0 Å². The number of primary amides is 1. The van der Waals surface area contributed by atoms with Crippen LogP contribution < -0.4 is 16.0 Å². The first kappa shape index (κ1) is 15.4. The Morgan fingerprint density at radius 2 is 2.09 bits per heavy atom. The van der Waals surface area contributed by atoms with Crippen LogP contribution in [0.25, 0.3) is 0 Å². The van der Waals surface area contributed by atoms with Crippen molar-refractivity contribution in [2.75, 3.05) is 23.3 Å². The summed E-state index contributed by atoms with van der Waals surface area (Å²) in [7, 11) is 1.92. The lowest BCUT2D eigenvalue weighted by Gasteiger charge is -2.33. The molecule has 3 N–H and O–H groups in total. The third kappa shape index (κ3) is 3.64. The Morgan fingerprint density at radius 1 is 1.35 bits per heavy atom. The molecule has 1 amide bonds. The molecule has 1 aliphatic heterocycles. The van der Waals surface area contributed by atoms with E-state index in [4.69, 9.17) is 5.73 Å². The van der Waals surface area contributed by atoms with Gasteiger partial charge in [0.2, 0.25) is 5.91 Å². The zero-order valence-corrected chi connectivity index (χ0v) is 13.4. The summed E-state index contributed by atoms with van der Waals surface area (Å²) in [6.45, 7) is 2.46. The van der Waals surface area contributed by atoms with E-state index in [9.17, 15) is 4.79 Å². The molecular weight excluding hydrogens is 290 g/mol. The zero-order chi connectivity index (χ0) is 16.2. The van der Waals surface area contributed by atoms with E-state index in [0.29, 0.717) is 0 Å². The quantitative estimate of drug-likeness (QED) is 0.881. The fourth-order valence-corrected chi connectivity index (χ4v) is 3.06. The lowest BCUT2D eigenvalue weighted by atomic mass is 9.96. The molecule has 23 heavy (non-hydrogen) atoms. The fourth-order valence-electron chi connectivity index (χ4n) is 3.06. The van der Waals surface area contributed by atoms with Crippen LogP contribution in [0.4, 0.5) is 11.4 Å². The summed E-state index contributed by atoms with van der Waals surface area (Å²) < 4.78 is 1.80. The Morgan fingerprint density at radius 3 is 2.74 bits per heavy atom. The molecule has 0 atom stereocenters. The third-order valence-corrected chi connectivity index (χ3v) is 4.38. The normalized spacial score (nSPS) is 15.6. The molecule has 3 rings (SSSR count). The second-order valence-electron chi connectivity index (χ2n) is 6.06. The van der Waals surface area contributed by atoms with E-state index in [1.807, 2.05) is 31.6 Å². The van der Waals surface area contributed by atoms with E-state index in [1.165, 1.54) is 5.69 Å². The maximum absolute atomic E-state index is 11.3. The summed E-state index contributed by atoms with van der Waals surface area (Å²) in [6, 6.07) is 8.29. The minimum absolute atomic E-state index is 0.0155. The highest BCUT2D eigenvalue weighted by Crippen LogP contribution is 2.30. The van der Waals surface area contributed by atoms with Crippen molar-refractivity contribution in [3.8, 4) is 0 Å². The topological polar surface area (TPSA) is 76.2 Å². The van der Waals surface area contributed by atoms with Gasteiger partial charge in [-0.1, -0.05) is 12.1 Å². The Labute approximate surface area is 136 Å². The molecular formula is C17H23N5O. The Bertz CT molecular complexity index is 673. The lowest BCUT2D eigenvalue weighted by Crippen LogP contribution is -2.38. The monoisotopic (exact) mass is 313 g/mol. The minimum atomic E-state index is -0.173. The first-order valence-electron chi connectivity index (χ1n) is 7.98. The van der Waals surface area contributed by atoms with Gasteiger partial charge in [0, 0.05) is 44.4 Å². The SMILES string of the molecule is Cn1cc(CNc2ccccc2N2CCC(C(N)=O)CC2)cn1. The first-order valence-corrected chi connectivity index (χ1v) is 7.98. The van der Waals surface area contributed by atoms with Crippen molar-refractivity contribution in [2.24, 2.45) is 18.7 Å². The number of aryl methyl sites for hydroxylation is 1. The molecule has 0 unspecified atom stereocenters. The summed E-state index contributed by atoms with van der Waals surface area (Å²) in [5.74, 6) is -0.158. The van der Waals surface area contributed by atoms with E-state index in [-0.39, 0.29) is 11.8 Å². The summed E-state index contributed by atoms with van der Waals surface area (Å²) in [5, 5.41) is 7.68. The van der Waals surface area contributed by atoms with Crippen molar-refractivity contribution in [1.29, 1.82) is 0 Å². The predicted molar refractivity (Wildman–Crippen MR) is 91.1 cm³/mol. The largest absolute Gasteiger partial charge is 0.379 e. The van der Waals surface area contributed by atoms with Crippen LogP contribution in [0.3, 0.4) is 0 Å². The first-order chi connectivity index (χ1) is 11.1. The highest BCUT2D eigenvalue weighted by Gasteiger charge is 2.24. The number of carbonyl (C=O) groups excluding carboxylic acids is 1. The molecule has 0 saturated carbocycles. The van der Waals surface area contributed by atoms with Gasteiger partial charge in [0.25, 0.3) is 0 Å². The number of anilines is 2. The predicted octanol–water partition coefficient (Wildman–Crippen LogP) is 1.73. The number of nitrogens with zero attached hydrogens (tertiary/aromatic N) is 3. The number of rotatable bonds is 5. The van der Waals surface area contributed by atoms with Gasteiger partial charge in [-0.25, -0.2) is 0 Å². The van der Waals surface area contributed by atoms with Crippen LogP contribution in [0.15, 0.2) is 36.7 Å². The smallest absolute Gasteiger partial charge is 0.220 e. The molecule has 0 spiro atoms. The number of benzene rings is 1. The number of hydrogen-bond acceptors (Lipinski definition) is 4. The van der Waals surface area contributed by atoms with Crippen molar-refractivity contribution in [2.45, 2.75) is 19.4 Å². The van der Waals surface area contributed by atoms with Gasteiger partial charge in [-0.05, 0) is 25.0 Å². The number of aromatic nitrogens is 2. The van der Waals surface area contributed by atoms with E-state index >= 15 is 0 Å². The molecule has 1 saturated heterocycles. The van der Waals surface area contributed by atoms with E-state index in [2.05, 4.69) is 27.4 Å². The van der Waals surface area contributed by atoms with Crippen LogP contribution in [-0.2, 0) is 18.4 Å². The van der Waals surface area contributed by atoms with Crippen LogP contribution in [0.2, 0.25) is 0 Å². The molecule has 0 radical (unpaired) electrons. The van der Waals surface area contributed by atoms with Crippen LogP contribution in [-0.4, -0.2) is 28.8 Å². The number of hydrogen-bond donors (Lipinski definition) is 2. The minimum Gasteiger partial charge on any atom is -0.379 e. The van der Waals surface area contributed by atoms with Crippen molar-refractivity contribution in [3.63, 3.8) is 0 Å². The highest BCUT2D eigenvalue weighted by atomic mass is 16.1. The average molecular weight is 313 g/mol. The second-order valence-corrected chi connectivity index (χ2v) is 6.06. The van der Waals surface area contributed by atoms with Crippen molar-refractivity contribution in [3.05, 3.63) is 42.2 Å². The van der Waals surface area contributed by atoms with Crippen LogP contribution in [0.1, 0.15) is 18.4 Å². The molecule has 122 valence electrons. The molecule has 2 heterocycles. The Hall–Kier alpha value is -2.50. The van der Waals surface area contributed by atoms with Crippen molar-refractivity contribution in [1.82, 2.24) is 9.78 Å². The maximum atomic E-state index is 11.3. The molecule has 1 fully saturated rings. The molecule has 0 bridgehead atoms. The van der Waals surface area contributed by atoms with Gasteiger partial charge in [0.15, 0.2) is 0 Å². The highest BCUT2D eigenvalue weighted by molar-refractivity contribution is 5.77. The molecule has 1 aromatic heterocycles. The zero-order valence-electron chi connectivity index (χ0n) is 13.4. The van der Waals surface area contributed by atoms with Crippen LogP contribution >= 0.6 is 0 Å². The number of nitrogens with one attached hydrogen (secondary N) is 1. The van der Waals surface area contributed by atoms with E-state index in [1.54, 1.807) is 4.68 Å². The number of amides is 1. The van der Waals surface area contributed by atoms with Crippen LogP contribution in [0.5, 0.6) is 0 Å². The van der Waals surface area contributed by atoms with E-state index < -0.39 is 0 Å². The number of para-hydroxylation sites is 2. The van der Waals surface area contributed by atoms with E-state index in [0.717, 1.165) is 43.7 Å². The molecule has 6 heteroatoms. The standard InChI is InChI=1S/C17H23N5O/c1-21-12-13(11-20-21)10-19-15-4-2-3-5-16(15)22-8-6-14(7-9-22)17(18)23/h2-5,11-12,14,19H,6-10H2,1H3,(H2,18,23). The van der Waals surface area contributed by atoms with Gasteiger partial charge < -0.3 is 16.0 Å². The Balaban J connectivity index is 1.67. The molecule has 1 aliphatic rings. The molecule has 0 aliphatic carbocycles. The molecule has 1 aromatic carbocycles. The lowest BCUT2D eigenvalue weighted by molar-refractivity contribution is -0.122. The van der Waals surface area contributed by atoms with Gasteiger partial charge in [-0.2, -0.15) is 5.10 Å². The summed E-state index contributed by atoms with van der Waals surface area (Å²) >= 11 is 0. The summed E-state index contributed by atoms with van der Waals surface area (Å²) in [5.41, 5.74) is 8.85. The van der Waals surface area contributed by atoms with Gasteiger partial charge in [0.1, 0.15) is 0 Å². The fraction of sp³-hybridized carbons (Fsp3) is 0.412. The van der Waals surface area contributed by atoms with Crippen molar-refractivity contribution < 1.29 is 4.79 Å². The second kappa shape index (κ2) is 6.73. The Kier molecular flexibility index (Phi) is 4.50. The number of nitrogens with two attached hydrogens (primary N) is 1. The van der Waals surface area contributed by atoms with Gasteiger partial charge in [-0.3, -0.25) is 9.48 Å². The average Bonchev–Trinajstić information content (AvgIpc) is 2.99. The molecule has 6 nitrogen and oxygen atoms in total.